The van der Waals surface area contributed by atoms with Crippen molar-refractivity contribution in [3.8, 4) is 0 Å². The van der Waals surface area contributed by atoms with Crippen molar-refractivity contribution in [2.45, 2.75) is 23.2 Å². The van der Waals surface area contributed by atoms with Crippen LogP contribution in [-0.4, -0.2) is 46.9 Å². The minimum Gasteiger partial charge on any atom is -0.610 e. The molecule has 1 aliphatic rings. The fourth-order valence-electron chi connectivity index (χ4n) is 2.00. The van der Waals surface area contributed by atoms with Gasteiger partial charge in [0.2, 0.25) is 0 Å². The summed E-state index contributed by atoms with van der Waals surface area (Å²) in [5.74, 6) is -0.291. The zero-order valence-electron chi connectivity index (χ0n) is 11.5. The molecule has 3 amide bonds. The summed E-state index contributed by atoms with van der Waals surface area (Å²) >= 11 is -0.341. The van der Waals surface area contributed by atoms with E-state index in [2.05, 4.69) is 20.9 Å². The largest absolute Gasteiger partial charge is 0.610 e. The lowest BCUT2D eigenvalue weighted by atomic mass is 10.1. The lowest BCUT2D eigenvalue weighted by Gasteiger charge is -2.23. The fourth-order valence-corrected chi connectivity index (χ4v) is 3.60. The van der Waals surface area contributed by atoms with Crippen LogP contribution >= 0.6 is 11.3 Å². The Hall–Kier alpha value is -1.36. The number of nitrogens with one attached hydrogen (secondary N) is 3. The van der Waals surface area contributed by atoms with E-state index in [1.807, 2.05) is 0 Å². The highest BCUT2D eigenvalue weighted by molar-refractivity contribution is 7.92. The highest BCUT2D eigenvalue weighted by Gasteiger charge is 2.25. The molecule has 1 aliphatic heterocycles. The number of urea groups is 1. The van der Waals surface area contributed by atoms with E-state index < -0.39 is 17.2 Å². The summed E-state index contributed by atoms with van der Waals surface area (Å²) in [6.07, 6.45) is 3.34. The quantitative estimate of drug-likeness (QED) is 0.570. The van der Waals surface area contributed by atoms with Gasteiger partial charge in [-0.05, 0) is 19.4 Å². The van der Waals surface area contributed by atoms with Crippen molar-refractivity contribution in [2.75, 3.05) is 24.7 Å². The molecule has 5 N–H and O–H groups in total. The van der Waals surface area contributed by atoms with Gasteiger partial charge in [-0.15, -0.1) is 0 Å². The van der Waals surface area contributed by atoms with Crippen LogP contribution in [0.25, 0.3) is 0 Å². The molecule has 2 atom stereocenters. The molecule has 0 saturated carbocycles. The SMILES string of the molecule is C[S+]([O-])c1nc(NC(N)=O)c(C(=O)N[C@H]2CCCNC2)s1. The first-order valence-corrected chi connectivity index (χ1v) is 8.77. The molecular weight excluding hydrogens is 314 g/mol. The van der Waals surface area contributed by atoms with Gasteiger partial charge in [0, 0.05) is 23.8 Å². The predicted octanol–water partition coefficient (Wildman–Crippen LogP) is -0.147. The third kappa shape index (κ3) is 4.30. The van der Waals surface area contributed by atoms with Crippen LogP contribution in [0.15, 0.2) is 4.34 Å². The zero-order chi connectivity index (χ0) is 15.4. The number of nitrogens with two attached hydrogens (primary N) is 1. The van der Waals surface area contributed by atoms with Crippen molar-refractivity contribution >= 4 is 40.3 Å². The number of amides is 3. The van der Waals surface area contributed by atoms with Crippen LogP contribution in [-0.2, 0) is 11.2 Å². The third-order valence-electron chi connectivity index (χ3n) is 2.93. The first-order chi connectivity index (χ1) is 9.97. The summed E-state index contributed by atoms with van der Waals surface area (Å²) < 4.78 is 11.8. The van der Waals surface area contributed by atoms with Crippen LogP contribution in [0.1, 0.15) is 22.5 Å². The van der Waals surface area contributed by atoms with Crippen molar-refractivity contribution in [1.29, 1.82) is 0 Å². The Balaban J connectivity index is 2.15. The topological polar surface area (TPSA) is 132 Å². The molecule has 0 aliphatic carbocycles. The lowest BCUT2D eigenvalue weighted by Crippen LogP contribution is -2.45. The number of carbonyl (C=O) groups excluding carboxylic acids is 2. The standard InChI is InChI=1S/C11H17N5O3S2/c1-21(19)11-16-8(15-10(12)18)7(20-11)9(17)14-6-3-2-4-13-5-6/h6,13H,2-5H2,1H3,(H,14,17)(H3,12,15,18)/t6-,21?/m0/s1. The van der Waals surface area contributed by atoms with Gasteiger partial charge in [-0.2, -0.15) is 4.98 Å². The van der Waals surface area contributed by atoms with E-state index in [-0.39, 0.29) is 27.0 Å². The number of primary amides is 1. The van der Waals surface area contributed by atoms with Gasteiger partial charge >= 0.3 is 10.4 Å². The number of aromatic nitrogens is 1. The molecule has 21 heavy (non-hydrogen) atoms. The van der Waals surface area contributed by atoms with Crippen molar-refractivity contribution in [2.24, 2.45) is 5.73 Å². The van der Waals surface area contributed by atoms with Gasteiger partial charge in [0.1, 0.15) is 11.1 Å². The van der Waals surface area contributed by atoms with Crippen LogP contribution in [0.4, 0.5) is 10.6 Å². The van der Waals surface area contributed by atoms with Gasteiger partial charge < -0.3 is 20.9 Å². The van der Waals surface area contributed by atoms with Crippen LogP contribution in [0, 0.1) is 0 Å². The van der Waals surface area contributed by atoms with E-state index in [4.69, 9.17) is 5.73 Å². The molecule has 1 aromatic heterocycles. The minimum absolute atomic E-state index is 0.0327. The normalized spacial score (nSPS) is 19.8. The molecule has 1 fully saturated rings. The summed E-state index contributed by atoms with van der Waals surface area (Å²) in [6.45, 7) is 1.65. The number of carbonyl (C=O) groups is 2. The maximum Gasteiger partial charge on any atom is 0.317 e. The molecule has 0 bridgehead atoms. The smallest absolute Gasteiger partial charge is 0.317 e. The number of nitrogens with zero attached hydrogens (tertiary/aromatic N) is 1. The summed E-state index contributed by atoms with van der Waals surface area (Å²) in [4.78, 5) is 27.5. The molecular formula is C11H17N5O3S2. The number of anilines is 1. The third-order valence-corrected chi connectivity index (χ3v) is 5.32. The molecule has 116 valence electrons. The van der Waals surface area contributed by atoms with E-state index >= 15 is 0 Å². The second-order valence-electron chi connectivity index (χ2n) is 4.62. The Labute approximate surface area is 129 Å². The van der Waals surface area contributed by atoms with Crippen molar-refractivity contribution in [3.05, 3.63) is 4.88 Å². The first kappa shape index (κ1) is 16.0. The van der Waals surface area contributed by atoms with E-state index in [0.717, 1.165) is 30.7 Å². The fraction of sp³-hybridized carbons (Fsp3) is 0.545. The molecule has 2 heterocycles. The van der Waals surface area contributed by atoms with E-state index in [9.17, 15) is 14.1 Å². The minimum atomic E-state index is -1.33. The van der Waals surface area contributed by atoms with Crippen LogP contribution in [0.5, 0.6) is 0 Å². The Morgan fingerprint density at radius 2 is 2.33 bits per heavy atom. The van der Waals surface area contributed by atoms with Gasteiger partial charge in [0.15, 0.2) is 5.82 Å². The van der Waals surface area contributed by atoms with Gasteiger partial charge in [-0.1, -0.05) is 11.3 Å². The first-order valence-electron chi connectivity index (χ1n) is 6.39. The van der Waals surface area contributed by atoms with Crippen molar-refractivity contribution < 1.29 is 14.1 Å². The molecule has 8 nitrogen and oxygen atoms in total. The van der Waals surface area contributed by atoms with Gasteiger partial charge in [-0.3, -0.25) is 10.1 Å². The average Bonchev–Trinajstić information content (AvgIpc) is 2.83. The van der Waals surface area contributed by atoms with Crippen LogP contribution < -0.4 is 21.7 Å². The van der Waals surface area contributed by atoms with Crippen molar-refractivity contribution in [1.82, 2.24) is 15.6 Å². The zero-order valence-corrected chi connectivity index (χ0v) is 13.1. The maximum atomic E-state index is 12.3. The van der Waals surface area contributed by atoms with Crippen molar-refractivity contribution in [3.63, 3.8) is 0 Å². The Bertz CT molecular complexity index is 528. The van der Waals surface area contributed by atoms with Gasteiger partial charge in [0.25, 0.3) is 5.91 Å². The molecule has 1 aromatic rings. The monoisotopic (exact) mass is 331 g/mol. The van der Waals surface area contributed by atoms with Gasteiger partial charge in [0.05, 0.1) is 0 Å². The number of piperidine rings is 1. The number of hydrogen-bond acceptors (Lipinski definition) is 6. The molecule has 0 aromatic carbocycles. The van der Waals surface area contributed by atoms with Crippen LogP contribution in [0.3, 0.4) is 0 Å². The predicted molar refractivity (Wildman–Crippen MR) is 81.0 cm³/mol. The lowest BCUT2D eigenvalue weighted by molar-refractivity contribution is 0.0935. The van der Waals surface area contributed by atoms with E-state index in [0.29, 0.717) is 6.54 Å². The second-order valence-corrected chi connectivity index (χ2v) is 7.17. The second kappa shape index (κ2) is 7.07. The van der Waals surface area contributed by atoms with Gasteiger partial charge in [-0.25, -0.2) is 4.79 Å². The molecule has 10 heteroatoms. The number of hydrogen-bond donors (Lipinski definition) is 4. The highest BCUT2D eigenvalue weighted by Crippen LogP contribution is 2.26. The maximum absolute atomic E-state index is 12.3. The van der Waals surface area contributed by atoms with E-state index in [1.165, 1.54) is 6.26 Å². The Morgan fingerprint density at radius 3 is 2.90 bits per heavy atom. The Morgan fingerprint density at radius 1 is 1.57 bits per heavy atom. The molecule has 2 rings (SSSR count). The Kier molecular flexibility index (Phi) is 5.39. The molecule has 1 saturated heterocycles. The number of rotatable bonds is 4. The molecule has 0 spiro atoms. The summed E-state index contributed by atoms with van der Waals surface area (Å²) in [7, 11) is 0. The average molecular weight is 331 g/mol. The summed E-state index contributed by atoms with van der Waals surface area (Å²) in [6, 6.07) is -0.785. The highest BCUT2D eigenvalue weighted by atomic mass is 32.2. The van der Waals surface area contributed by atoms with E-state index in [1.54, 1.807) is 0 Å². The summed E-state index contributed by atoms with van der Waals surface area (Å²) in [5.41, 5.74) is 5.06. The number of thiazole rings is 1. The molecule has 1 unspecified atom stereocenters. The summed E-state index contributed by atoms with van der Waals surface area (Å²) in [5, 5.41) is 8.37. The van der Waals surface area contributed by atoms with Crippen LogP contribution in [0.2, 0.25) is 0 Å². The molecule has 0 radical (unpaired) electrons.